The zero-order valence-electron chi connectivity index (χ0n) is 10.5. The lowest BCUT2D eigenvalue weighted by atomic mass is 10.3. The van der Waals surface area contributed by atoms with E-state index in [4.69, 9.17) is 11.6 Å². The number of hydrogen-bond donors (Lipinski definition) is 2. The van der Waals surface area contributed by atoms with E-state index in [0.717, 1.165) is 12.8 Å². The zero-order chi connectivity index (χ0) is 14.0. The van der Waals surface area contributed by atoms with E-state index in [1.807, 2.05) is 0 Å². The third kappa shape index (κ3) is 4.34. The topological polar surface area (TPSA) is 58.2 Å². The van der Waals surface area contributed by atoms with E-state index < -0.39 is 15.3 Å². The molecule has 1 fully saturated rings. The summed E-state index contributed by atoms with van der Waals surface area (Å²) in [4.78, 5) is 0. The molecule has 0 amide bonds. The van der Waals surface area contributed by atoms with E-state index >= 15 is 0 Å². The van der Waals surface area contributed by atoms with Crippen LogP contribution < -0.4 is 10.0 Å². The van der Waals surface area contributed by atoms with E-state index in [-0.39, 0.29) is 0 Å². The molecule has 2 rings (SSSR count). The number of rotatable bonds is 6. The van der Waals surface area contributed by atoms with E-state index in [1.165, 1.54) is 0 Å². The molecular formula is C12H16BrClN2O2S. The van der Waals surface area contributed by atoms with Crippen LogP contribution in [0.2, 0.25) is 5.02 Å². The van der Waals surface area contributed by atoms with Gasteiger partial charge in [0.05, 0.1) is 10.9 Å². The molecule has 1 aliphatic carbocycles. The minimum Gasteiger partial charge on any atom is -0.313 e. The van der Waals surface area contributed by atoms with Gasteiger partial charge in [-0.15, -0.1) is 0 Å². The Morgan fingerprint density at radius 2 is 2.16 bits per heavy atom. The third-order valence-corrected chi connectivity index (χ3v) is 5.61. The maximum atomic E-state index is 12.2. The molecule has 1 aromatic rings. The maximum absolute atomic E-state index is 12.2. The number of hydrogen-bond acceptors (Lipinski definition) is 3. The van der Waals surface area contributed by atoms with Gasteiger partial charge in [0.2, 0.25) is 10.0 Å². The normalized spacial score (nSPS) is 17.2. The van der Waals surface area contributed by atoms with Crippen LogP contribution in [0.5, 0.6) is 0 Å². The average Bonchev–Trinajstić information content (AvgIpc) is 3.13. The van der Waals surface area contributed by atoms with E-state index in [9.17, 15) is 8.42 Å². The Labute approximate surface area is 127 Å². The molecule has 0 radical (unpaired) electrons. The summed E-state index contributed by atoms with van der Waals surface area (Å²) in [5, 5.41) is 3.28. The van der Waals surface area contributed by atoms with Gasteiger partial charge >= 0.3 is 0 Å². The van der Waals surface area contributed by atoms with Gasteiger partial charge in [-0.2, -0.15) is 0 Å². The molecule has 19 heavy (non-hydrogen) atoms. The summed E-state index contributed by atoms with van der Waals surface area (Å²) >= 11 is 9.12. The van der Waals surface area contributed by atoms with Gasteiger partial charge in [0, 0.05) is 22.1 Å². The molecule has 1 saturated carbocycles. The SMILES string of the molecule is CC(CNC1CC1)S(=O)(=O)Nc1ccc(Cl)cc1Br. The first-order chi connectivity index (χ1) is 8.88. The van der Waals surface area contributed by atoms with Crippen molar-refractivity contribution in [1.82, 2.24) is 5.32 Å². The first kappa shape index (κ1) is 15.1. The molecule has 1 atom stereocenters. The predicted octanol–water partition coefficient (Wildman–Crippen LogP) is 2.98. The Morgan fingerprint density at radius 1 is 1.47 bits per heavy atom. The largest absolute Gasteiger partial charge is 0.313 e. The smallest absolute Gasteiger partial charge is 0.236 e. The fourth-order valence-corrected chi connectivity index (χ4v) is 3.47. The van der Waals surface area contributed by atoms with Gasteiger partial charge in [-0.25, -0.2) is 8.42 Å². The van der Waals surface area contributed by atoms with Crippen LogP contribution >= 0.6 is 27.5 Å². The van der Waals surface area contributed by atoms with Gasteiger partial charge in [0.25, 0.3) is 0 Å². The highest BCUT2D eigenvalue weighted by atomic mass is 79.9. The van der Waals surface area contributed by atoms with Crippen LogP contribution in [0.1, 0.15) is 19.8 Å². The number of nitrogens with one attached hydrogen (secondary N) is 2. The van der Waals surface area contributed by atoms with Crippen molar-refractivity contribution in [2.75, 3.05) is 11.3 Å². The summed E-state index contributed by atoms with van der Waals surface area (Å²) in [5.41, 5.74) is 0.502. The van der Waals surface area contributed by atoms with E-state index in [1.54, 1.807) is 25.1 Å². The van der Waals surface area contributed by atoms with Crippen LogP contribution in [0.15, 0.2) is 22.7 Å². The summed E-state index contributed by atoms with van der Waals surface area (Å²) in [6.45, 7) is 2.16. The van der Waals surface area contributed by atoms with Gasteiger partial charge < -0.3 is 5.32 Å². The summed E-state index contributed by atoms with van der Waals surface area (Å²) in [5.74, 6) is 0. The summed E-state index contributed by atoms with van der Waals surface area (Å²) in [7, 11) is -3.40. The lowest BCUT2D eigenvalue weighted by Gasteiger charge is -2.16. The first-order valence-corrected chi connectivity index (χ1v) is 8.80. The van der Waals surface area contributed by atoms with Crippen LogP contribution in [0, 0.1) is 0 Å². The second-order valence-electron chi connectivity index (χ2n) is 4.76. The Bertz CT molecular complexity index is 561. The van der Waals surface area contributed by atoms with Crippen molar-refractivity contribution in [3.8, 4) is 0 Å². The first-order valence-electron chi connectivity index (χ1n) is 6.08. The third-order valence-electron chi connectivity index (χ3n) is 2.98. The molecule has 0 aromatic heterocycles. The zero-order valence-corrected chi connectivity index (χ0v) is 13.6. The highest BCUT2D eigenvalue weighted by Gasteiger charge is 2.26. The monoisotopic (exact) mass is 366 g/mol. The molecule has 1 aromatic carbocycles. The number of benzene rings is 1. The molecule has 0 spiro atoms. The quantitative estimate of drug-likeness (QED) is 0.812. The molecule has 106 valence electrons. The van der Waals surface area contributed by atoms with Crippen LogP contribution in [-0.4, -0.2) is 26.3 Å². The highest BCUT2D eigenvalue weighted by Crippen LogP contribution is 2.27. The fourth-order valence-electron chi connectivity index (χ4n) is 1.56. The van der Waals surface area contributed by atoms with Crippen molar-refractivity contribution >= 4 is 43.2 Å². The summed E-state index contributed by atoms with van der Waals surface area (Å²) in [6, 6.07) is 5.45. The van der Waals surface area contributed by atoms with Gasteiger partial charge in [0.15, 0.2) is 0 Å². The second kappa shape index (κ2) is 5.99. The molecule has 0 aliphatic heterocycles. The molecule has 2 N–H and O–H groups in total. The van der Waals surface area contributed by atoms with E-state index in [0.29, 0.717) is 27.8 Å². The highest BCUT2D eigenvalue weighted by molar-refractivity contribution is 9.10. The number of halogens is 2. The number of anilines is 1. The standard InChI is InChI=1S/C12H16BrClN2O2S/c1-8(7-15-10-3-4-10)19(17,18)16-12-5-2-9(14)6-11(12)13/h2,5-6,8,10,15-16H,3-4,7H2,1H3. The van der Waals surface area contributed by atoms with Gasteiger partial charge in [0.1, 0.15) is 0 Å². The van der Waals surface area contributed by atoms with Crippen LogP contribution in [0.4, 0.5) is 5.69 Å². The molecule has 0 heterocycles. The summed E-state index contributed by atoms with van der Waals surface area (Å²) in [6.07, 6.45) is 2.28. The van der Waals surface area contributed by atoms with Crippen molar-refractivity contribution in [1.29, 1.82) is 0 Å². The Morgan fingerprint density at radius 3 is 2.74 bits per heavy atom. The Hall–Kier alpha value is -0.300. The van der Waals surface area contributed by atoms with Gasteiger partial charge in [-0.3, -0.25) is 4.72 Å². The lowest BCUT2D eigenvalue weighted by molar-refractivity contribution is 0.576. The minimum absolute atomic E-state index is 0.464. The molecule has 1 aliphatic rings. The van der Waals surface area contributed by atoms with Crippen LogP contribution in [-0.2, 0) is 10.0 Å². The van der Waals surface area contributed by atoms with Gasteiger partial charge in [-0.1, -0.05) is 11.6 Å². The van der Waals surface area contributed by atoms with Crippen molar-refractivity contribution in [2.45, 2.75) is 31.1 Å². The predicted molar refractivity (Wildman–Crippen MR) is 82.2 cm³/mol. The van der Waals surface area contributed by atoms with Crippen molar-refractivity contribution in [3.05, 3.63) is 27.7 Å². The van der Waals surface area contributed by atoms with Crippen LogP contribution in [0.25, 0.3) is 0 Å². The maximum Gasteiger partial charge on any atom is 0.236 e. The Balaban J connectivity index is 2.02. The second-order valence-corrected chi connectivity index (χ2v) is 8.15. The molecular weight excluding hydrogens is 352 g/mol. The average molecular weight is 368 g/mol. The molecule has 0 bridgehead atoms. The van der Waals surface area contributed by atoms with Crippen LogP contribution in [0.3, 0.4) is 0 Å². The van der Waals surface area contributed by atoms with E-state index in [2.05, 4.69) is 26.0 Å². The van der Waals surface area contributed by atoms with Crippen molar-refractivity contribution < 1.29 is 8.42 Å². The minimum atomic E-state index is -3.40. The van der Waals surface area contributed by atoms with Crippen molar-refractivity contribution in [3.63, 3.8) is 0 Å². The fraction of sp³-hybridized carbons (Fsp3) is 0.500. The Kier molecular flexibility index (Phi) is 4.76. The molecule has 1 unspecified atom stereocenters. The summed E-state index contributed by atoms with van der Waals surface area (Å²) < 4.78 is 27.5. The number of sulfonamides is 1. The lowest BCUT2D eigenvalue weighted by Crippen LogP contribution is -2.35. The molecule has 7 heteroatoms. The van der Waals surface area contributed by atoms with Gasteiger partial charge in [-0.05, 0) is 53.9 Å². The molecule has 0 saturated heterocycles. The molecule has 4 nitrogen and oxygen atoms in total. The van der Waals surface area contributed by atoms with Crippen molar-refractivity contribution in [2.24, 2.45) is 0 Å².